The molecule has 2 saturated heterocycles. The summed E-state index contributed by atoms with van der Waals surface area (Å²) in [5, 5.41) is 6.99. The van der Waals surface area contributed by atoms with Gasteiger partial charge in [-0.1, -0.05) is 18.0 Å². The minimum absolute atomic E-state index is 0.0400. The second-order valence-electron chi connectivity index (χ2n) is 7.95. The fourth-order valence-corrected chi connectivity index (χ4v) is 4.04. The molecule has 1 N–H and O–H groups in total. The van der Waals surface area contributed by atoms with Crippen molar-refractivity contribution >= 4 is 6.03 Å². The molecule has 3 heterocycles. The molecule has 0 aromatic carbocycles. The third kappa shape index (κ3) is 4.99. The van der Waals surface area contributed by atoms with Crippen LogP contribution in [0.15, 0.2) is 4.52 Å². The second kappa shape index (κ2) is 9.01. The van der Waals surface area contributed by atoms with Gasteiger partial charge in [0.05, 0.1) is 18.6 Å². The van der Waals surface area contributed by atoms with E-state index in [1.54, 1.807) is 4.90 Å². The van der Waals surface area contributed by atoms with Gasteiger partial charge in [-0.2, -0.15) is 4.98 Å². The van der Waals surface area contributed by atoms with Crippen LogP contribution in [-0.4, -0.2) is 66.6 Å². The number of carbonyl (C=O) groups is 1. The Balaban J connectivity index is 1.12. The summed E-state index contributed by atoms with van der Waals surface area (Å²) in [5.74, 6) is 2.19. The SMILES string of the molecule is O=C(NCC1CCCO1)N1CC(c2nc(CCOCC3CCCC3)no2)C1. The summed E-state index contributed by atoms with van der Waals surface area (Å²) in [6.07, 6.45) is 8.22. The smallest absolute Gasteiger partial charge is 0.317 e. The van der Waals surface area contributed by atoms with Crippen molar-refractivity contribution in [3.8, 4) is 0 Å². The van der Waals surface area contributed by atoms with E-state index in [9.17, 15) is 4.79 Å². The van der Waals surface area contributed by atoms with Gasteiger partial charge >= 0.3 is 6.03 Å². The van der Waals surface area contributed by atoms with Gasteiger partial charge in [0.15, 0.2) is 5.82 Å². The number of amides is 2. The van der Waals surface area contributed by atoms with Crippen molar-refractivity contribution in [3.05, 3.63) is 11.7 Å². The van der Waals surface area contributed by atoms with Gasteiger partial charge in [-0.25, -0.2) is 4.79 Å². The van der Waals surface area contributed by atoms with E-state index < -0.39 is 0 Å². The van der Waals surface area contributed by atoms with Crippen LogP contribution in [0.2, 0.25) is 0 Å². The number of carbonyl (C=O) groups excluding carboxylic acids is 1. The van der Waals surface area contributed by atoms with Gasteiger partial charge in [0.25, 0.3) is 0 Å². The maximum absolute atomic E-state index is 12.1. The zero-order chi connectivity index (χ0) is 18.5. The van der Waals surface area contributed by atoms with Crippen LogP contribution in [0, 0.1) is 5.92 Å². The first-order valence-corrected chi connectivity index (χ1v) is 10.3. The molecule has 0 radical (unpaired) electrons. The van der Waals surface area contributed by atoms with Gasteiger partial charge in [-0.15, -0.1) is 0 Å². The molecule has 1 aromatic rings. The molecule has 0 spiro atoms. The standard InChI is InChI=1S/C19H30N4O4/c24-19(20-10-16-6-3-8-26-16)23-11-15(12-23)18-21-17(22-27-18)7-9-25-13-14-4-1-2-5-14/h14-16H,1-13H2,(H,20,24). The van der Waals surface area contributed by atoms with Crippen LogP contribution in [0.3, 0.4) is 0 Å². The van der Waals surface area contributed by atoms with Crippen LogP contribution in [0.5, 0.6) is 0 Å². The van der Waals surface area contributed by atoms with Crippen molar-refractivity contribution in [2.75, 3.05) is 39.5 Å². The van der Waals surface area contributed by atoms with E-state index in [0.717, 1.165) is 32.0 Å². The van der Waals surface area contributed by atoms with Crippen molar-refractivity contribution in [2.24, 2.45) is 5.92 Å². The lowest BCUT2D eigenvalue weighted by molar-refractivity contribution is 0.102. The van der Waals surface area contributed by atoms with E-state index in [-0.39, 0.29) is 18.1 Å². The number of ether oxygens (including phenoxy) is 2. The van der Waals surface area contributed by atoms with E-state index >= 15 is 0 Å². The summed E-state index contributed by atoms with van der Waals surface area (Å²) in [6, 6.07) is -0.0400. The first kappa shape index (κ1) is 18.7. The molecule has 3 fully saturated rings. The van der Waals surface area contributed by atoms with Gasteiger partial charge in [0.2, 0.25) is 5.89 Å². The maximum atomic E-state index is 12.1. The first-order chi connectivity index (χ1) is 13.3. The van der Waals surface area contributed by atoms with Gasteiger partial charge in [-0.3, -0.25) is 0 Å². The van der Waals surface area contributed by atoms with E-state index in [4.69, 9.17) is 14.0 Å². The Hall–Kier alpha value is -1.67. The monoisotopic (exact) mass is 378 g/mol. The molecule has 2 aliphatic heterocycles. The number of hydrogen-bond donors (Lipinski definition) is 1. The highest BCUT2D eigenvalue weighted by Crippen LogP contribution is 2.26. The highest BCUT2D eigenvalue weighted by Gasteiger charge is 2.35. The van der Waals surface area contributed by atoms with Gasteiger partial charge < -0.3 is 24.2 Å². The summed E-state index contributed by atoms with van der Waals surface area (Å²) in [6.45, 7) is 4.12. The summed E-state index contributed by atoms with van der Waals surface area (Å²) in [5.41, 5.74) is 0. The predicted molar refractivity (Wildman–Crippen MR) is 97.5 cm³/mol. The lowest BCUT2D eigenvalue weighted by Gasteiger charge is -2.37. The predicted octanol–water partition coefficient (Wildman–Crippen LogP) is 2.11. The van der Waals surface area contributed by atoms with Crippen LogP contribution in [0.4, 0.5) is 4.79 Å². The van der Waals surface area contributed by atoms with Crippen LogP contribution in [-0.2, 0) is 15.9 Å². The normalized spacial score (nSPS) is 23.7. The minimum Gasteiger partial charge on any atom is -0.381 e. The Morgan fingerprint density at radius 1 is 1.22 bits per heavy atom. The van der Waals surface area contributed by atoms with Crippen molar-refractivity contribution in [2.45, 2.75) is 57.0 Å². The van der Waals surface area contributed by atoms with Gasteiger partial charge in [0, 0.05) is 39.3 Å². The van der Waals surface area contributed by atoms with E-state index in [0.29, 0.717) is 44.4 Å². The Kier molecular flexibility index (Phi) is 6.24. The molecule has 1 unspecified atom stereocenters. The fourth-order valence-electron chi connectivity index (χ4n) is 4.04. The lowest BCUT2D eigenvalue weighted by Crippen LogP contribution is -2.53. The van der Waals surface area contributed by atoms with Gasteiger partial charge in [0.1, 0.15) is 0 Å². The van der Waals surface area contributed by atoms with Crippen molar-refractivity contribution in [3.63, 3.8) is 0 Å². The molecule has 0 bridgehead atoms. The molecule has 1 atom stereocenters. The molecule has 2 amide bonds. The molecule has 8 nitrogen and oxygen atoms in total. The van der Waals surface area contributed by atoms with Crippen molar-refractivity contribution in [1.29, 1.82) is 0 Å². The molecular weight excluding hydrogens is 348 g/mol. The molecule has 27 heavy (non-hydrogen) atoms. The average Bonchev–Trinajstić information content (AvgIpc) is 3.38. The Labute approximate surface area is 160 Å². The molecular formula is C19H30N4O4. The molecule has 8 heteroatoms. The summed E-state index contributed by atoms with van der Waals surface area (Å²) >= 11 is 0. The number of likely N-dealkylation sites (tertiary alicyclic amines) is 1. The summed E-state index contributed by atoms with van der Waals surface area (Å²) in [4.78, 5) is 18.4. The second-order valence-corrected chi connectivity index (χ2v) is 7.95. The van der Waals surface area contributed by atoms with Crippen LogP contribution < -0.4 is 5.32 Å². The Morgan fingerprint density at radius 3 is 2.85 bits per heavy atom. The molecule has 150 valence electrons. The highest BCUT2D eigenvalue weighted by molar-refractivity contribution is 5.75. The van der Waals surface area contributed by atoms with Crippen molar-refractivity contribution in [1.82, 2.24) is 20.4 Å². The number of hydrogen-bond acceptors (Lipinski definition) is 6. The lowest BCUT2D eigenvalue weighted by atomic mass is 10.0. The first-order valence-electron chi connectivity index (χ1n) is 10.3. The molecule has 4 rings (SSSR count). The molecule has 1 aromatic heterocycles. The van der Waals surface area contributed by atoms with E-state index in [1.807, 2.05) is 0 Å². The molecule has 3 aliphatic rings. The zero-order valence-corrected chi connectivity index (χ0v) is 15.9. The number of urea groups is 1. The number of nitrogens with one attached hydrogen (secondary N) is 1. The molecule has 1 aliphatic carbocycles. The van der Waals surface area contributed by atoms with E-state index in [2.05, 4.69) is 15.5 Å². The topological polar surface area (TPSA) is 89.7 Å². The zero-order valence-electron chi connectivity index (χ0n) is 15.9. The van der Waals surface area contributed by atoms with Crippen LogP contribution >= 0.6 is 0 Å². The summed E-state index contributed by atoms with van der Waals surface area (Å²) < 4.78 is 16.6. The minimum atomic E-state index is -0.0400. The largest absolute Gasteiger partial charge is 0.381 e. The summed E-state index contributed by atoms with van der Waals surface area (Å²) in [7, 11) is 0. The number of rotatable bonds is 8. The maximum Gasteiger partial charge on any atom is 0.317 e. The van der Waals surface area contributed by atoms with Gasteiger partial charge in [-0.05, 0) is 31.6 Å². The highest BCUT2D eigenvalue weighted by atomic mass is 16.5. The van der Waals surface area contributed by atoms with E-state index in [1.165, 1.54) is 25.7 Å². The number of nitrogens with zero attached hydrogens (tertiary/aromatic N) is 3. The Bertz CT molecular complexity index is 605. The quantitative estimate of drug-likeness (QED) is 0.697. The Morgan fingerprint density at radius 2 is 2.07 bits per heavy atom. The number of aromatic nitrogens is 2. The van der Waals surface area contributed by atoms with Crippen LogP contribution in [0.1, 0.15) is 56.2 Å². The third-order valence-corrected chi connectivity index (χ3v) is 5.81. The third-order valence-electron chi connectivity index (χ3n) is 5.81. The van der Waals surface area contributed by atoms with Crippen molar-refractivity contribution < 1.29 is 18.8 Å². The molecule has 1 saturated carbocycles. The van der Waals surface area contributed by atoms with Crippen LogP contribution in [0.25, 0.3) is 0 Å². The fraction of sp³-hybridized carbons (Fsp3) is 0.842. The average molecular weight is 378 g/mol.